The highest BCUT2D eigenvalue weighted by atomic mass is 32.2. The molecule has 0 saturated carbocycles. The topological polar surface area (TPSA) is 60.7 Å². The molecule has 0 spiro atoms. The Hall–Kier alpha value is -3.25. The molecule has 0 N–H and O–H groups in total. The number of nitrogens with zero attached hydrogens (tertiary/aromatic N) is 4. The maximum absolute atomic E-state index is 12.7. The van der Waals surface area contributed by atoms with E-state index in [2.05, 4.69) is 21.8 Å². The number of Topliss-reactive ketones (excluding diaryl/α,β-unsaturated/α-hetero) is 1. The Kier molecular flexibility index (Phi) is 5.30. The molecule has 0 aliphatic heterocycles. The summed E-state index contributed by atoms with van der Waals surface area (Å²) < 4.78 is 1.96. The Balaban J connectivity index is 1.54. The predicted octanol–water partition coefficient (Wildman–Crippen LogP) is 4.65. The molecule has 0 aliphatic rings. The summed E-state index contributed by atoms with van der Waals surface area (Å²) in [7, 11) is 0. The molecule has 4 rings (SSSR count). The summed E-state index contributed by atoms with van der Waals surface area (Å²) in [6, 6.07) is 17.6. The molecule has 138 valence electrons. The highest BCUT2D eigenvalue weighted by Gasteiger charge is 2.15. The molecule has 2 heterocycles. The zero-order chi connectivity index (χ0) is 19.3. The van der Waals surface area contributed by atoms with Crippen molar-refractivity contribution in [2.24, 2.45) is 0 Å². The van der Waals surface area contributed by atoms with Crippen molar-refractivity contribution < 1.29 is 4.79 Å². The number of allylic oxidation sites excluding steroid dienone is 1. The van der Waals surface area contributed by atoms with Gasteiger partial charge in [0.1, 0.15) is 0 Å². The maximum Gasteiger partial charge on any atom is 0.192 e. The zero-order valence-electron chi connectivity index (χ0n) is 15.2. The van der Waals surface area contributed by atoms with Gasteiger partial charge in [0, 0.05) is 30.1 Å². The van der Waals surface area contributed by atoms with E-state index >= 15 is 0 Å². The second-order valence-electron chi connectivity index (χ2n) is 6.22. The lowest BCUT2D eigenvalue weighted by Gasteiger charge is -2.07. The molecule has 0 unspecified atom stereocenters. The number of benzene rings is 2. The van der Waals surface area contributed by atoms with Crippen LogP contribution in [0.3, 0.4) is 0 Å². The monoisotopic (exact) mass is 386 g/mol. The molecule has 0 atom stereocenters. The van der Waals surface area contributed by atoms with Gasteiger partial charge in [0.15, 0.2) is 16.8 Å². The summed E-state index contributed by atoms with van der Waals surface area (Å²) in [4.78, 5) is 16.7. The second-order valence-corrected chi connectivity index (χ2v) is 7.16. The van der Waals surface area contributed by atoms with E-state index in [1.54, 1.807) is 18.5 Å². The number of rotatable bonds is 7. The smallest absolute Gasteiger partial charge is 0.192 e. The molecular weight excluding hydrogens is 368 g/mol. The fourth-order valence-corrected chi connectivity index (χ4v) is 3.82. The lowest BCUT2D eigenvalue weighted by Crippen LogP contribution is -2.05. The van der Waals surface area contributed by atoms with Crippen LogP contribution in [0.15, 0.2) is 84.8 Å². The van der Waals surface area contributed by atoms with Gasteiger partial charge in [0.05, 0.1) is 5.75 Å². The van der Waals surface area contributed by atoms with Gasteiger partial charge in [-0.15, -0.1) is 16.8 Å². The van der Waals surface area contributed by atoms with E-state index in [1.165, 1.54) is 11.8 Å². The minimum atomic E-state index is 0.0642. The van der Waals surface area contributed by atoms with Crippen LogP contribution in [-0.4, -0.2) is 31.3 Å². The Bertz CT molecular complexity index is 1140. The molecule has 5 nitrogen and oxygen atoms in total. The van der Waals surface area contributed by atoms with Crippen LogP contribution >= 0.6 is 11.8 Å². The van der Waals surface area contributed by atoms with E-state index in [0.717, 1.165) is 22.2 Å². The third-order valence-corrected chi connectivity index (χ3v) is 5.34. The summed E-state index contributed by atoms with van der Waals surface area (Å²) in [5, 5.41) is 11.5. The first-order valence-corrected chi connectivity index (χ1v) is 9.84. The van der Waals surface area contributed by atoms with E-state index in [-0.39, 0.29) is 5.78 Å². The van der Waals surface area contributed by atoms with Gasteiger partial charge >= 0.3 is 0 Å². The Morgan fingerprint density at radius 3 is 2.61 bits per heavy atom. The number of aromatic nitrogens is 4. The van der Waals surface area contributed by atoms with Crippen LogP contribution in [0.25, 0.3) is 22.2 Å². The van der Waals surface area contributed by atoms with Crippen LogP contribution in [0.5, 0.6) is 0 Å². The minimum absolute atomic E-state index is 0.0642. The van der Waals surface area contributed by atoms with Crippen LogP contribution in [0, 0.1) is 0 Å². The average Bonchev–Trinajstić information content (AvgIpc) is 3.15. The molecule has 0 saturated heterocycles. The second kappa shape index (κ2) is 8.19. The highest BCUT2D eigenvalue weighted by Crippen LogP contribution is 2.25. The summed E-state index contributed by atoms with van der Waals surface area (Å²) >= 11 is 1.39. The van der Waals surface area contributed by atoms with Crippen LogP contribution in [0.4, 0.5) is 0 Å². The predicted molar refractivity (Wildman–Crippen MR) is 112 cm³/mol. The van der Waals surface area contributed by atoms with Crippen LogP contribution in [0.2, 0.25) is 0 Å². The Morgan fingerprint density at radius 1 is 1.04 bits per heavy atom. The largest absolute Gasteiger partial charge is 0.298 e. The van der Waals surface area contributed by atoms with Gasteiger partial charge in [-0.1, -0.05) is 54.2 Å². The SMILES string of the molecule is C=CCn1c(SCC(=O)c2ccc3ccccc3c2)nnc1-c1ccncc1. The molecule has 28 heavy (non-hydrogen) atoms. The molecule has 6 heteroatoms. The first kappa shape index (κ1) is 18.1. The normalized spacial score (nSPS) is 10.9. The van der Waals surface area contributed by atoms with Crippen molar-refractivity contribution in [1.29, 1.82) is 0 Å². The van der Waals surface area contributed by atoms with E-state index < -0.39 is 0 Å². The van der Waals surface area contributed by atoms with Crippen molar-refractivity contribution in [3.63, 3.8) is 0 Å². The van der Waals surface area contributed by atoms with Gasteiger partial charge in [-0.25, -0.2) is 0 Å². The van der Waals surface area contributed by atoms with Gasteiger partial charge < -0.3 is 0 Å². The van der Waals surface area contributed by atoms with Crippen molar-refractivity contribution in [2.45, 2.75) is 11.7 Å². The summed E-state index contributed by atoms with van der Waals surface area (Å²) in [6.07, 6.45) is 5.24. The number of fused-ring (bicyclic) bond motifs is 1. The van der Waals surface area contributed by atoms with Gasteiger partial charge in [-0.3, -0.25) is 14.3 Å². The van der Waals surface area contributed by atoms with Gasteiger partial charge in [0.25, 0.3) is 0 Å². The van der Waals surface area contributed by atoms with Crippen LogP contribution < -0.4 is 0 Å². The molecule has 0 aliphatic carbocycles. The summed E-state index contributed by atoms with van der Waals surface area (Å²) in [5.74, 6) is 1.10. The van der Waals surface area contributed by atoms with E-state index in [0.29, 0.717) is 23.0 Å². The molecular formula is C22H18N4OS. The van der Waals surface area contributed by atoms with E-state index in [9.17, 15) is 4.79 Å². The quantitative estimate of drug-likeness (QED) is 0.263. The van der Waals surface area contributed by atoms with Gasteiger partial charge in [-0.2, -0.15) is 0 Å². The molecule has 4 aromatic rings. The molecule has 0 amide bonds. The zero-order valence-corrected chi connectivity index (χ0v) is 16.0. The van der Waals surface area contributed by atoms with Crippen molar-refractivity contribution in [1.82, 2.24) is 19.7 Å². The van der Waals surface area contributed by atoms with Crippen LogP contribution in [0.1, 0.15) is 10.4 Å². The number of hydrogen-bond donors (Lipinski definition) is 0. The van der Waals surface area contributed by atoms with Gasteiger partial charge in [-0.05, 0) is 29.0 Å². The minimum Gasteiger partial charge on any atom is -0.298 e. The lowest BCUT2D eigenvalue weighted by atomic mass is 10.1. The first-order chi connectivity index (χ1) is 13.8. The third kappa shape index (κ3) is 3.73. The van der Waals surface area contributed by atoms with Gasteiger partial charge in [0.2, 0.25) is 0 Å². The van der Waals surface area contributed by atoms with Crippen molar-refractivity contribution in [3.8, 4) is 11.4 Å². The molecule has 2 aromatic heterocycles. The highest BCUT2D eigenvalue weighted by molar-refractivity contribution is 7.99. The summed E-state index contributed by atoms with van der Waals surface area (Å²) in [6.45, 7) is 4.38. The molecule has 0 fully saturated rings. The maximum atomic E-state index is 12.7. The standard InChI is InChI=1S/C22H18N4OS/c1-2-13-26-21(17-9-11-23-12-10-17)24-25-22(26)28-15-20(27)19-8-7-16-5-3-4-6-18(16)14-19/h2-12,14H,1,13,15H2. The number of carbonyl (C=O) groups is 1. The Morgan fingerprint density at radius 2 is 1.82 bits per heavy atom. The number of ketones is 1. The number of hydrogen-bond acceptors (Lipinski definition) is 5. The van der Waals surface area contributed by atoms with Crippen LogP contribution in [-0.2, 0) is 6.54 Å². The lowest BCUT2D eigenvalue weighted by molar-refractivity contribution is 0.102. The molecule has 0 bridgehead atoms. The third-order valence-electron chi connectivity index (χ3n) is 4.37. The van der Waals surface area contributed by atoms with E-state index in [1.807, 2.05) is 59.2 Å². The summed E-state index contributed by atoms with van der Waals surface area (Å²) in [5.41, 5.74) is 1.63. The molecule has 2 aromatic carbocycles. The number of thioether (sulfide) groups is 1. The number of pyridine rings is 1. The van der Waals surface area contributed by atoms with Crippen molar-refractivity contribution >= 4 is 28.3 Å². The Labute approximate surface area is 167 Å². The average molecular weight is 386 g/mol. The fourth-order valence-electron chi connectivity index (χ4n) is 2.98. The fraction of sp³-hybridized carbons (Fsp3) is 0.0909. The van der Waals surface area contributed by atoms with Crippen molar-refractivity contribution in [3.05, 3.63) is 85.2 Å². The molecule has 0 radical (unpaired) electrons. The first-order valence-electron chi connectivity index (χ1n) is 8.85. The van der Waals surface area contributed by atoms with Crippen molar-refractivity contribution in [2.75, 3.05) is 5.75 Å². The van der Waals surface area contributed by atoms with E-state index in [4.69, 9.17) is 0 Å². The number of carbonyl (C=O) groups excluding carboxylic acids is 1.